The summed E-state index contributed by atoms with van der Waals surface area (Å²) in [4.78, 5) is 27.7. The van der Waals surface area contributed by atoms with Crippen LogP contribution in [0.15, 0.2) is 59.5 Å². The van der Waals surface area contributed by atoms with Crippen LogP contribution >= 0.6 is 11.9 Å². The predicted octanol–water partition coefficient (Wildman–Crippen LogP) is 4.38. The number of aliphatic carboxylic acids is 1. The maximum absolute atomic E-state index is 14.0. The molecule has 0 radical (unpaired) electrons. The van der Waals surface area contributed by atoms with Crippen LogP contribution in [-0.2, 0) is 11.2 Å². The molecule has 0 bridgehead atoms. The van der Waals surface area contributed by atoms with Crippen LogP contribution in [0.5, 0.6) is 0 Å². The number of carboxylic acids is 1. The number of amides is 1. The van der Waals surface area contributed by atoms with Crippen molar-refractivity contribution in [2.75, 3.05) is 26.2 Å². The van der Waals surface area contributed by atoms with Gasteiger partial charge in [-0.1, -0.05) is 30.3 Å². The number of carboxylic acid groups (broad SMARTS) is 1. The van der Waals surface area contributed by atoms with Crippen molar-refractivity contribution in [1.82, 2.24) is 9.21 Å². The van der Waals surface area contributed by atoms with Crippen molar-refractivity contribution in [3.8, 4) is 0 Å². The molecule has 3 aromatic rings. The zero-order valence-electron chi connectivity index (χ0n) is 17.2. The Balaban J connectivity index is 1.59. The van der Waals surface area contributed by atoms with Crippen LogP contribution < -0.4 is 0 Å². The Morgan fingerprint density at radius 2 is 1.74 bits per heavy atom. The number of rotatable bonds is 5. The highest BCUT2D eigenvalue weighted by molar-refractivity contribution is 7.97. The molecule has 1 saturated heterocycles. The first kappa shape index (κ1) is 21.3. The van der Waals surface area contributed by atoms with E-state index in [1.54, 1.807) is 35.9 Å². The first-order valence-corrected chi connectivity index (χ1v) is 10.9. The first-order chi connectivity index (χ1) is 14.9. The van der Waals surface area contributed by atoms with Crippen LogP contribution in [0.1, 0.15) is 21.5 Å². The lowest BCUT2D eigenvalue weighted by atomic mass is 9.92. The molecule has 1 heterocycles. The van der Waals surface area contributed by atoms with Gasteiger partial charge in [-0.05, 0) is 65.0 Å². The predicted molar refractivity (Wildman–Crippen MR) is 120 cm³/mol. The number of nitrogens with zero attached hydrogens (tertiary/aromatic N) is 2. The molecule has 1 N–H and O–H groups in total. The lowest BCUT2D eigenvalue weighted by Crippen LogP contribution is -2.46. The van der Waals surface area contributed by atoms with E-state index in [1.807, 2.05) is 18.2 Å². The van der Waals surface area contributed by atoms with Gasteiger partial charge in [-0.2, -0.15) is 0 Å². The molecule has 160 valence electrons. The van der Waals surface area contributed by atoms with Crippen molar-refractivity contribution in [3.05, 3.63) is 77.1 Å². The highest BCUT2D eigenvalue weighted by atomic mass is 32.2. The van der Waals surface area contributed by atoms with Gasteiger partial charge in [0.05, 0.1) is 12.0 Å². The molecular weight excluding hydrogens is 415 g/mol. The topological polar surface area (TPSA) is 60.9 Å². The average Bonchev–Trinajstić information content (AvgIpc) is 2.75. The summed E-state index contributed by atoms with van der Waals surface area (Å²) in [6.07, 6.45) is -0.180. The molecule has 3 aromatic carbocycles. The first-order valence-electron chi connectivity index (χ1n) is 10.1. The molecule has 0 aromatic heterocycles. The number of carbonyl (C=O) groups excluding carboxylic acids is 1. The molecule has 0 atom stereocenters. The summed E-state index contributed by atoms with van der Waals surface area (Å²) in [6, 6.07) is 16.1. The van der Waals surface area contributed by atoms with Crippen molar-refractivity contribution in [3.63, 3.8) is 0 Å². The van der Waals surface area contributed by atoms with E-state index in [-0.39, 0.29) is 12.3 Å². The second-order valence-corrected chi connectivity index (χ2v) is 8.77. The summed E-state index contributed by atoms with van der Waals surface area (Å²) in [7, 11) is 0. The maximum atomic E-state index is 14.0. The highest BCUT2D eigenvalue weighted by Gasteiger charge is 2.26. The zero-order chi connectivity index (χ0) is 22.0. The molecule has 4 rings (SSSR count). The van der Waals surface area contributed by atoms with Crippen molar-refractivity contribution in [2.24, 2.45) is 0 Å². The summed E-state index contributed by atoms with van der Waals surface area (Å²) in [5.41, 5.74) is 1.58. The van der Waals surface area contributed by atoms with Crippen LogP contribution in [0.25, 0.3) is 10.8 Å². The summed E-state index contributed by atoms with van der Waals surface area (Å²) < 4.78 is 16.2. The van der Waals surface area contributed by atoms with Gasteiger partial charge in [0, 0.05) is 31.1 Å². The highest BCUT2D eigenvalue weighted by Crippen LogP contribution is 2.30. The monoisotopic (exact) mass is 438 g/mol. The van der Waals surface area contributed by atoms with Crippen molar-refractivity contribution < 1.29 is 19.1 Å². The Labute approximate surface area is 184 Å². The standard InChI is InChI=1S/C24H23FN2O3S/c1-16-18(14-22(28)29)13-17-7-8-19(25)15-21(17)23(16)24(30)26-9-11-27(12-10-26)31-20-5-3-2-4-6-20/h2-8,13,15H,9-12,14H2,1H3,(H,28,29). The van der Waals surface area contributed by atoms with Gasteiger partial charge in [0.25, 0.3) is 5.91 Å². The fraction of sp³-hybridized carbons (Fsp3) is 0.250. The molecule has 7 heteroatoms. The molecule has 5 nitrogen and oxygen atoms in total. The minimum absolute atomic E-state index is 0.176. The van der Waals surface area contributed by atoms with Gasteiger partial charge >= 0.3 is 5.97 Å². The van der Waals surface area contributed by atoms with E-state index in [2.05, 4.69) is 16.4 Å². The largest absolute Gasteiger partial charge is 0.481 e. The van der Waals surface area contributed by atoms with E-state index >= 15 is 0 Å². The molecule has 31 heavy (non-hydrogen) atoms. The van der Waals surface area contributed by atoms with Crippen LogP contribution in [-0.4, -0.2) is 52.4 Å². The van der Waals surface area contributed by atoms with Gasteiger partial charge in [0.2, 0.25) is 0 Å². The van der Waals surface area contributed by atoms with Crippen molar-refractivity contribution in [2.45, 2.75) is 18.2 Å². The number of halogens is 1. The Morgan fingerprint density at radius 3 is 2.42 bits per heavy atom. The van der Waals surface area contributed by atoms with Crippen molar-refractivity contribution >= 4 is 34.6 Å². The molecule has 0 unspecified atom stereocenters. The van der Waals surface area contributed by atoms with Gasteiger partial charge in [0.1, 0.15) is 5.82 Å². The van der Waals surface area contributed by atoms with E-state index < -0.39 is 11.8 Å². The molecule has 1 aliphatic rings. The second-order valence-electron chi connectivity index (χ2n) is 7.60. The Bertz CT molecular complexity index is 1130. The summed E-state index contributed by atoms with van der Waals surface area (Å²) in [5.74, 6) is -1.56. The minimum atomic E-state index is -0.963. The Hall–Kier alpha value is -2.90. The van der Waals surface area contributed by atoms with E-state index in [9.17, 15) is 19.1 Å². The molecule has 1 amide bonds. The van der Waals surface area contributed by atoms with E-state index in [1.165, 1.54) is 12.1 Å². The van der Waals surface area contributed by atoms with Gasteiger partial charge < -0.3 is 10.0 Å². The van der Waals surface area contributed by atoms with Crippen LogP contribution in [0.3, 0.4) is 0 Å². The van der Waals surface area contributed by atoms with E-state index in [0.717, 1.165) is 4.90 Å². The molecule has 1 fully saturated rings. The van der Waals surface area contributed by atoms with Gasteiger partial charge in [0.15, 0.2) is 0 Å². The third-order valence-corrected chi connectivity index (χ3v) is 6.64. The molecule has 0 spiro atoms. The Kier molecular flexibility index (Phi) is 6.25. The minimum Gasteiger partial charge on any atom is -0.481 e. The number of fused-ring (bicyclic) bond motifs is 1. The normalized spacial score (nSPS) is 14.7. The fourth-order valence-corrected chi connectivity index (χ4v) is 4.85. The van der Waals surface area contributed by atoms with Crippen LogP contribution in [0.4, 0.5) is 4.39 Å². The molecule has 0 aliphatic carbocycles. The van der Waals surface area contributed by atoms with Gasteiger partial charge in [-0.25, -0.2) is 8.70 Å². The smallest absolute Gasteiger partial charge is 0.307 e. The summed E-state index contributed by atoms with van der Waals surface area (Å²) in [6.45, 7) is 4.28. The number of carbonyl (C=O) groups is 2. The summed E-state index contributed by atoms with van der Waals surface area (Å²) in [5, 5.41) is 10.5. The quantitative estimate of drug-likeness (QED) is 0.599. The fourth-order valence-electron chi connectivity index (χ4n) is 3.92. The third kappa shape index (κ3) is 4.73. The zero-order valence-corrected chi connectivity index (χ0v) is 18.0. The SMILES string of the molecule is Cc1c(CC(=O)O)cc2ccc(F)cc2c1C(=O)N1CCN(Sc2ccccc2)CC1. The number of piperazine rings is 1. The number of hydrogen-bond acceptors (Lipinski definition) is 4. The number of hydrogen-bond donors (Lipinski definition) is 1. The van der Waals surface area contributed by atoms with Gasteiger partial charge in [-0.3, -0.25) is 9.59 Å². The maximum Gasteiger partial charge on any atom is 0.307 e. The Morgan fingerprint density at radius 1 is 1.03 bits per heavy atom. The molecule has 1 aliphatic heterocycles. The lowest BCUT2D eigenvalue weighted by molar-refractivity contribution is -0.136. The molecule has 0 saturated carbocycles. The second kappa shape index (κ2) is 9.08. The molecular formula is C24H23FN2O3S. The van der Waals surface area contributed by atoms with E-state index in [0.29, 0.717) is 53.6 Å². The van der Waals surface area contributed by atoms with E-state index in [4.69, 9.17) is 0 Å². The van der Waals surface area contributed by atoms with Crippen LogP contribution in [0.2, 0.25) is 0 Å². The van der Waals surface area contributed by atoms with Crippen LogP contribution in [0, 0.1) is 12.7 Å². The third-order valence-electron chi connectivity index (χ3n) is 5.53. The number of benzene rings is 3. The summed E-state index contributed by atoms with van der Waals surface area (Å²) >= 11 is 1.67. The lowest BCUT2D eigenvalue weighted by Gasteiger charge is -2.34. The average molecular weight is 439 g/mol. The van der Waals surface area contributed by atoms with Gasteiger partial charge in [-0.15, -0.1) is 0 Å². The van der Waals surface area contributed by atoms with Crippen molar-refractivity contribution in [1.29, 1.82) is 0 Å².